The highest BCUT2D eigenvalue weighted by molar-refractivity contribution is 8.02. The number of aliphatic hydroxyl groups is 1. The van der Waals surface area contributed by atoms with E-state index in [1.807, 2.05) is 32.6 Å². The van der Waals surface area contributed by atoms with Crippen LogP contribution in [0.2, 0.25) is 0 Å². The Balaban J connectivity index is 2.04. The van der Waals surface area contributed by atoms with Crippen molar-refractivity contribution in [2.24, 2.45) is 11.8 Å². The van der Waals surface area contributed by atoms with Gasteiger partial charge in [0.05, 0.1) is 16.6 Å². The summed E-state index contributed by atoms with van der Waals surface area (Å²) in [5.74, 6) is -1.12. The van der Waals surface area contributed by atoms with E-state index in [1.165, 1.54) is 0 Å². The molecule has 3 amide bonds. The van der Waals surface area contributed by atoms with Crippen LogP contribution >= 0.6 is 11.8 Å². The third-order valence-electron chi connectivity index (χ3n) is 7.42. The lowest BCUT2D eigenvalue weighted by Gasteiger charge is -2.42. The van der Waals surface area contributed by atoms with E-state index >= 15 is 0 Å². The monoisotopic (exact) mass is 491 g/mol. The van der Waals surface area contributed by atoms with Crippen molar-refractivity contribution in [1.82, 2.24) is 14.7 Å². The van der Waals surface area contributed by atoms with Crippen LogP contribution in [-0.4, -0.2) is 91.9 Å². The number of nitrogens with zero attached hydrogens (tertiary/aromatic N) is 3. The van der Waals surface area contributed by atoms with Crippen molar-refractivity contribution >= 4 is 29.5 Å². The van der Waals surface area contributed by atoms with Crippen molar-refractivity contribution in [3.63, 3.8) is 0 Å². The highest BCUT2D eigenvalue weighted by Gasteiger charge is 2.74. The summed E-state index contributed by atoms with van der Waals surface area (Å²) in [5, 5.41) is 9.55. The fourth-order valence-corrected chi connectivity index (χ4v) is 8.30. The van der Waals surface area contributed by atoms with Crippen molar-refractivity contribution in [1.29, 1.82) is 0 Å². The van der Waals surface area contributed by atoms with Crippen LogP contribution in [0.5, 0.6) is 0 Å². The van der Waals surface area contributed by atoms with Crippen LogP contribution in [0, 0.1) is 11.8 Å². The van der Waals surface area contributed by atoms with E-state index in [2.05, 4.69) is 13.2 Å². The topological polar surface area (TPSA) is 81.2 Å². The molecular weight excluding hydrogens is 450 g/mol. The number of rotatable bonds is 11. The summed E-state index contributed by atoms with van der Waals surface area (Å²) < 4.78 is -0.606. The second-order valence-electron chi connectivity index (χ2n) is 10.6. The highest BCUT2D eigenvalue weighted by Crippen LogP contribution is 2.66. The standard InChI is InChI=1S/C26H41N3O4S/c1-7-13-27(14-8-2)22(31)19-18-11-12-26(34-18)20(19)23(32)28(16-10-17-30)21(26)24(33)29(15-9-3)25(4,5)6/h7,9,18-21,30H,1,3,8,10-17H2,2,4-6H3/t18-,19+,20+,21?,26?/m1/s1. The number of carbonyl (C=O) groups excluding carboxylic acids is 3. The quantitative estimate of drug-likeness (QED) is 0.450. The maximum absolute atomic E-state index is 14.1. The zero-order chi connectivity index (χ0) is 25.3. The lowest BCUT2D eigenvalue weighted by atomic mass is 9.70. The summed E-state index contributed by atoms with van der Waals surface area (Å²) >= 11 is 1.69. The van der Waals surface area contributed by atoms with Crippen LogP contribution < -0.4 is 0 Å². The second-order valence-corrected chi connectivity index (χ2v) is 12.2. The summed E-state index contributed by atoms with van der Waals surface area (Å²) in [4.78, 5) is 47.1. The van der Waals surface area contributed by atoms with E-state index in [9.17, 15) is 19.5 Å². The third-order valence-corrected chi connectivity index (χ3v) is 9.37. The molecule has 0 aromatic rings. The molecule has 3 heterocycles. The van der Waals surface area contributed by atoms with E-state index < -0.39 is 28.2 Å². The van der Waals surface area contributed by atoms with Crippen LogP contribution in [0.25, 0.3) is 0 Å². The van der Waals surface area contributed by atoms with Gasteiger partial charge in [-0.3, -0.25) is 14.4 Å². The average Bonchev–Trinajstić information content (AvgIpc) is 3.41. The summed E-state index contributed by atoms with van der Waals surface area (Å²) in [7, 11) is 0. The molecule has 3 aliphatic rings. The fourth-order valence-electron chi connectivity index (χ4n) is 6.09. The molecule has 1 N–H and O–H groups in total. The van der Waals surface area contributed by atoms with Crippen molar-refractivity contribution in [2.75, 3.05) is 32.8 Å². The van der Waals surface area contributed by atoms with Gasteiger partial charge in [-0.15, -0.1) is 24.9 Å². The number of likely N-dealkylation sites (tertiary alicyclic amines) is 1. The predicted molar refractivity (Wildman–Crippen MR) is 136 cm³/mol. The van der Waals surface area contributed by atoms with Gasteiger partial charge in [-0.25, -0.2) is 0 Å². The molecule has 0 saturated carbocycles. The maximum atomic E-state index is 14.1. The van der Waals surface area contributed by atoms with E-state index in [0.717, 1.165) is 19.3 Å². The number of amides is 3. The molecule has 2 bridgehead atoms. The van der Waals surface area contributed by atoms with Crippen molar-refractivity contribution in [3.05, 3.63) is 25.3 Å². The highest BCUT2D eigenvalue weighted by atomic mass is 32.2. The first kappa shape index (κ1) is 26.8. The van der Waals surface area contributed by atoms with Crippen LogP contribution in [0.3, 0.4) is 0 Å². The van der Waals surface area contributed by atoms with Crippen LogP contribution in [0.1, 0.15) is 53.4 Å². The first-order chi connectivity index (χ1) is 16.1. The molecule has 0 aromatic heterocycles. The average molecular weight is 492 g/mol. The largest absolute Gasteiger partial charge is 0.396 e. The van der Waals surface area contributed by atoms with Crippen molar-refractivity contribution in [3.8, 4) is 0 Å². The number of hydrogen-bond acceptors (Lipinski definition) is 5. The Morgan fingerprint density at radius 2 is 1.91 bits per heavy atom. The van der Waals surface area contributed by atoms with E-state index in [-0.39, 0.29) is 29.6 Å². The van der Waals surface area contributed by atoms with Gasteiger partial charge in [-0.1, -0.05) is 19.1 Å². The van der Waals surface area contributed by atoms with Gasteiger partial charge in [-0.2, -0.15) is 0 Å². The number of aliphatic hydroxyl groups excluding tert-OH is 1. The Morgan fingerprint density at radius 1 is 1.24 bits per heavy atom. The van der Waals surface area contributed by atoms with Crippen molar-refractivity contribution in [2.45, 2.75) is 75.0 Å². The summed E-state index contributed by atoms with van der Waals surface area (Å²) in [6.45, 7) is 17.4. The summed E-state index contributed by atoms with van der Waals surface area (Å²) in [6, 6.07) is -0.637. The van der Waals surface area contributed by atoms with Gasteiger partial charge in [0.15, 0.2) is 0 Å². The fraction of sp³-hybridized carbons (Fsp3) is 0.731. The molecule has 2 unspecified atom stereocenters. The van der Waals surface area contributed by atoms with Gasteiger partial charge in [0.1, 0.15) is 6.04 Å². The molecule has 0 radical (unpaired) electrons. The van der Waals surface area contributed by atoms with Crippen LogP contribution in [0.4, 0.5) is 0 Å². The molecule has 190 valence electrons. The second kappa shape index (κ2) is 10.4. The Labute approximate surface area is 208 Å². The molecule has 5 atom stereocenters. The SMILES string of the molecule is C=CCN(CCC)C(=O)[C@@H]1[C@H]2C(=O)N(CCCO)C(C(=O)N(CC=C)C(C)(C)C)C23CC[C@H]1S3. The number of thioether (sulfide) groups is 1. The normalized spacial score (nSPS) is 29.8. The van der Waals surface area contributed by atoms with E-state index in [4.69, 9.17) is 0 Å². The minimum absolute atomic E-state index is 0.00755. The Kier molecular flexibility index (Phi) is 8.23. The molecular formula is C26H41N3O4S. The van der Waals surface area contributed by atoms with E-state index in [1.54, 1.807) is 33.7 Å². The third kappa shape index (κ3) is 4.43. The van der Waals surface area contributed by atoms with Gasteiger partial charge in [0, 0.05) is 43.6 Å². The molecule has 34 heavy (non-hydrogen) atoms. The smallest absolute Gasteiger partial charge is 0.247 e. The van der Waals surface area contributed by atoms with Gasteiger partial charge in [0.25, 0.3) is 0 Å². The predicted octanol–water partition coefficient (Wildman–Crippen LogP) is 2.70. The van der Waals surface area contributed by atoms with Gasteiger partial charge >= 0.3 is 0 Å². The Hall–Kier alpha value is -1.80. The first-order valence-electron chi connectivity index (χ1n) is 12.5. The van der Waals surface area contributed by atoms with E-state index in [0.29, 0.717) is 32.6 Å². The van der Waals surface area contributed by atoms with Gasteiger partial charge < -0.3 is 19.8 Å². The van der Waals surface area contributed by atoms with Crippen LogP contribution in [0.15, 0.2) is 25.3 Å². The lowest BCUT2D eigenvalue weighted by Crippen LogP contribution is -2.59. The maximum Gasteiger partial charge on any atom is 0.247 e. The molecule has 3 saturated heterocycles. The Morgan fingerprint density at radius 3 is 2.47 bits per heavy atom. The van der Waals surface area contributed by atoms with Gasteiger partial charge in [-0.05, 0) is 46.5 Å². The first-order valence-corrected chi connectivity index (χ1v) is 13.4. The molecule has 8 heteroatoms. The minimum Gasteiger partial charge on any atom is -0.396 e. The minimum atomic E-state index is -0.637. The molecule has 3 rings (SSSR count). The summed E-state index contributed by atoms with van der Waals surface area (Å²) in [5.41, 5.74) is -0.440. The number of hydrogen-bond donors (Lipinski definition) is 1. The summed E-state index contributed by atoms with van der Waals surface area (Å²) in [6.07, 6.45) is 6.26. The number of carbonyl (C=O) groups is 3. The van der Waals surface area contributed by atoms with Crippen LogP contribution in [-0.2, 0) is 14.4 Å². The molecule has 1 spiro atoms. The van der Waals surface area contributed by atoms with Crippen molar-refractivity contribution < 1.29 is 19.5 Å². The zero-order valence-electron chi connectivity index (χ0n) is 21.2. The Bertz CT molecular complexity index is 825. The van der Waals surface area contributed by atoms with Gasteiger partial charge in [0.2, 0.25) is 17.7 Å². The molecule has 0 aliphatic carbocycles. The zero-order valence-corrected chi connectivity index (χ0v) is 22.0. The molecule has 7 nitrogen and oxygen atoms in total. The molecule has 3 aliphatic heterocycles. The molecule has 3 fully saturated rings. The lowest BCUT2D eigenvalue weighted by molar-refractivity contribution is -0.146. The number of fused-ring (bicyclic) bond motifs is 1. The molecule has 0 aromatic carbocycles.